The molecule has 1 heterocycles. The topological polar surface area (TPSA) is 67.5 Å². The van der Waals surface area contributed by atoms with E-state index in [1.807, 2.05) is 6.92 Å². The van der Waals surface area contributed by atoms with Crippen LogP contribution in [0.15, 0.2) is 16.3 Å². The summed E-state index contributed by atoms with van der Waals surface area (Å²) in [6.07, 6.45) is 0. The maximum atomic E-state index is 10.9. The zero-order valence-corrected chi connectivity index (χ0v) is 6.64. The van der Waals surface area contributed by atoms with Gasteiger partial charge in [-0.15, -0.1) is 0 Å². The maximum absolute atomic E-state index is 10.9. The summed E-state index contributed by atoms with van der Waals surface area (Å²) in [5.74, 6) is 0.429. The zero-order valence-electron chi connectivity index (χ0n) is 6.64. The molecule has 0 fully saturated rings. The number of allylic oxidation sites excluding steroid dienone is 1. The minimum Gasteiger partial charge on any atom is -0.370 e. The number of nitrogens with zero attached hydrogens (tertiary/aromatic N) is 1. The second kappa shape index (κ2) is 2.74. The fourth-order valence-electron chi connectivity index (χ4n) is 0.965. The van der Waals surface area contributed by atoms with Crippen molar-refractivity contribution in [1.82, 2.24) is 5.32 Å². The average molecular weight is 153 g/mol. The van der Waals surface area contributed by atoms with E-state index in [1.165, 1.54) is 6.92 Å². The molecule has 4 heteroatoms. The number of hydrogen-bond acceptors (Lipinski definition) is 4. The predicted octanol–water partition coefficient (Wildman–Crippen LogP) is -0.233. The van der Waals surface area contributed by atoms with Crippen molar-refractivity contribution in [2.24, 2.45) is 10.7 Å². The van der Waals surface area contributed by atoms with Gasteiger partial charge in [-0.3, -0.25) is 4.79 Å². The van der Waals surface area contributed by atoms with Crippen LogP contribution in [0.3, 0.4) is 0 Å². The molecular formula is C7H11N3O. The first kappa shape index (κ1) is 7.78. The van der Waals surface area contributed by atoms with Gasteiger partial charge in [0.1, 0.15) is 0 Å². The Labute approximate surface area is 65.2 Å². The lowest BCUT2D eigenvalue weighted by Gasteiger charge is -2.14. The molecule has 0 atom stereocenters. The Balaban J connectivity index is 2.83. The molecule has 0 radical (unpaired) electrons. The van der Waals surface area contributed by atoms with Gasteiger partial charge < -0.3 is 11.1 Å². The zero-order chi connectivity index (χ0) is 8.43. The Bertz CT molecular complexity index is 252. The van der Waals surface area contributed by atoms with E-state index in [2.05, 4.69) is 10.3 Å². The van der Waals surface area contributed by atoms with Gasteiger partial charge >= 0.3 is 0 Å². The van der Waals surface area contributed by atoms with Crippen molar-refractivity contribution in [3.05, 3.63) is 11.3 Å². The van der Waals surface area contributed by atoms with Gasteiger partial charge in [0.25, 0.3) is 0 Å². The number of carbonyl (C=O) groups excluding carboxylic acids is 1. The number of Topliss-reactive ketones (excluding diaryl/α,β-unsaturated/α-hetero) is 1. The van der Waals surface area contributed by atoms with Gasteiger partial charge in [0.15, 0.2) is 11.7 Å². The van der Waals surface area contributed by atoms with Crippen LogP contribution in [-0.4, -0.2) is 18.3 Å². The van der Waals surface area contributed by atoms with E-state index in [0.29, 0.717) is 18.1 Å². The van der Waals surface area contributed by atoms with Gasteiger partial charge in [-0.1, -0.05) is 0 Å². The molecule has 0 aliphatic carbocycles. The number of carbonyl (C=O) groups is 1. The lowest BCUT2D eigenvalue weighted by Crippen LogP contribution is -2.35. The van der Waals surface area contributed by atoms with Gasteiger partial charge in [0.2, 0.25) is 0 Å². The van der Waals surface area contributed by atoms with Crippen LogP contribution in [0.1, 0.15) is 13.8 Å². The van der Waals surface area contributed by atoms with Crippen molar-refractivity contribution in [1.29, 1.82) is 0 Å². The molecule has 0 aromatic carbocycles. The molecule has 0 saturated carbocycles. The van der Waals surface area contributed by atoms with Crippen LogP contribution >= 0.6 is 0 Å². The van der Waals surface area contributed by atoms with E-state index >= 15 is 0 Å². The molecule has 1 aliphatic heterocycles. The highest BCUT2D eigenvalue weighted by Gasteiger charge is 2.12. The fraction of sp³-hybridized carbons (Fsp3) is 0.429. The Morgan fingerprint density at radius 1 is 1.73 bits per heavy atom. The highest BCUT2D eigenvalue weighted by atomic mass is 16.1. The maximum Gasteiger partial charge on any atom is 0.193 e. The van der Waals surface area contributed by atoms with E-state index in [-0.39, 0.29) is 5.78 Å². The Hall–Kier alpha value is -1.32. The van der Waals surface area contributed by atoms with Gasteiger partial charge in [0, 0.05) is 11.3 Å². The van der Waals surface area contributed by atoms with E-state index in [4.69, 9.17) is 5.73 Å². The second-order valence-corrected chi connectivity index (χ2v) is 2.49. The molecule has 0 aromatic heterocycles. The summed E-state index contributed by atoms with van der Waals surface area (Å²) < 4.78 is 0. The monoisotopic (exact) mass is 153 g/mol. The van der Waals surface area contributed by atoms with Gasteiger partial charge in [0.05, 0.1) is 6.54 Å². The molecule has 60 valence electrons. The van der Waals surface area contributed by atoms with Crippen molar-refractivity contribution < 1.29 is 4.79 Å². The smallest absolute Gasteiger partial charge is 0.193 e. The van der Waals surface area contributed by atoms with Crippen LogP contribution in [0, 0.1) is 0 Å². The number of hydrogen-bond donors (Lipinski definition) is 2. The summed E-state index contributed by atoms with van der Waals surface area (Å²) in [7, 11) is 0. The number of guanidine groups is 1. The van der Waals surface area contributed by atoms with Crippen LogP contribution in [0.25, 0.3) is 0 Å². The fourth-order valence-corrected chi connectivity index (χ4v) is 0.965. The van der Waals surface area contributed by atoms with Crippen LogP contribution < -0.4 is 11.1 Å². The standard InChI is InChI=1S/C7H11N3O/c1-4-6(5(2)11)3-9-7(8)10-4/h3H2,1-2H3,(H3,8,9,10). The molecule has 0 bridgehead atoms. The molecule has 0 saturated heterocycles. The van der Waals surface area contributed by atoms with Gasteiger partial charge in [-0.25, -0.2) is 4.99 Å². The first-order valence-electron chi connectivity index (χ1n) is 3.39. The summed E-state index contributed by atoms with van der Waals surface area (Å²) in [5, 5.41) is 2.80. The van der Waals surface area contributed by atoms with Crippen molar-refractivity contribution in [3.8, 4) is 0 Å². The minimum atomic E-state index is 0.0475. The van der Waals surface area contributed by atoms with Crippen LogP contribution in [-0.2, 0) is 4.79 Å². The normalized spacial score (nSPS) is 17.5. The summed E-state index contributed by atoms with van der Waals surface area (Å²) in [6, 6.07) is 0. The number of nitrogens with two attached hydrogens (primary N) is 1. The van der Waals surface area contributed by atoms with E-state index in [9.17, 15) is 4.79 Å². The van der Waals surface area contributed by atoms with Crippen LogP contribution in [0.5, 0.6) is 0 Å². The number of aliphatic imine (C=N–C) groups is 1. The summed E-state index contributed by atoms with van der Waals surface area (Å²) in [6.45, 7) is 3.75. The average Bonchev–Trinajstić information content (AvgIpc) is 1.85. The minimum absolute atomic E-state index is 0.0475. The molecule has 1 rings (SSSR count). The molecule has 4 nitrogen and oxygen atoms in total. The second-order valence-electron chi connectivity index (χ2n) is 2.49. The SMILES string of the molecule is CC(=O)C1=C(C)NC(N)=NC1. The molecule has 11 heavy (non-hydrogen) atoms. The molecule has 0 unspecified atom stereocenters. The first-order chi connectivity index (χ1) is 5.11. The largest absolute Gasteiger partial charge is 0.370 e. The van der Waals surface area contributed by atoms with Crippen molar-refractivity contribution in [2.75, 3.05) is 6.54 Å². The Morgan fingerprint density at radius 3 is 2.82 bits per heavy atom. The van der Waals surface area contributed by atoms with Gasteiger partial charge in [-0.2, -0.15) is 0 Å². The molecular weight excluding hydrogens is 142 g/mol. The predicted molar refractivity (Wildman–Crippen MR) is 43.0 cm³/mol. The van der Waals surface area contributed by atoms with E-state index in [1.54, 1.807) is 0 Å². The number of ketones is 1. The summed E-state index contributed by atoms with van der Waals surface area (Å²) >= 11 is 0. The number of rotatable bonds is 1. The summed E-state index contributed by atoms with van der Waals surface area (Å²) in [4.78, 5) is 14.8. The third-order valence-electron chi connectivity index (χ3n) is 1.60. The van der Waals surface area contributed by atoms with Crippen molar-refractivity contribution in [3.63, 3.8) is 0 Å². The molecule has 3 N–H and O–H groups in total. The quantitative estimate of drug-likeness (QED) is 0.546. The van der Waals surface area contributed by atoms with E-state index in [0.717, 1.165) is 5.70 Å². The lowest BCUT2D eigenvalue weighted by molar-refractivity contribution is -0.113. The van der Waals surface area contributed by atoms with Crippen LogP contribution in [0.2, 0.25) is 0 Å². The molecule has 0 spiro atoms. The van der Waals surface area contributed by atoms with Crippen molar-refractivity contribution in [2.45, 2.75) is 13.8 Å². The first-order valence-corrected chi connectivity index (χ1v) is 3.39. The molecule has 1 aliphatic rings. The highest BCUT2D eigenvalue weighted by molar-refractivity contribution is 5.97. The molecule has 0 aromatic rings. The lowest BCUT2D eigenvalue weighted by atomic mass is 10.1. The number of nitrogens with one attached hydrogen (secondary N) is 1. The van der Waals surface area contributed by atoms with Crippen molar-refractivity contribution >= 4 is 11.7 Å². The molecule has 0 amide bonds. The Kier molecular flexibility index (Phi) is 1.94. The summed E-state index contributed by atoms with van der Waals surface area (Å²) in [5.41, 5.74) is 6.90. The van der Waals surface area contributed by atoms with E-state index < -0.39 is 0 Å². The van der Waals surface area contributed by atoms with Gasteiger partial charge in [-0.05, 0) is 13.8 Å². The third-order valence-corrected chi connectivity index (χ3v) is 1.60. The Morgan fingerprint density at radius 2 is 2.36 bits per heavy atom. The highest BCUT2D eigenvalue weighted by Crippen LogP contribution is 2.06. The third kappa shape index (κ3) is 1.58. The van der Waals surface area contributed by atoms with Crippen LogP contribution in [0.4, 0.5) is 0 Å².